The normalized spacial score (nSPS) is 13.3. The molecular formula is C17H19AsINO5. The molecule has 0 heterocycles. The molecule has 6 nitrogen and oxygen atoms in total. The molecule has 1 amide bonds. The van der Waals surface area contributed by atoms with E-state index in [0.717, 1.165) is 20.3 Å². The topological polar surface area (TPSA) is 95.9 Å². The molecule has 0 aromatic heterocycles. The Morgan fingerprint density at radius 1 is 1.32 bits per heavy atom. The number of anilines is 1. The van der Waals surface area contributed by atoms with Gasteiger partial charge in [-0.2, -0.15) is 0 Å². The number of phenols is 1. The Hall–Kier alpha value is -1.28. The maximum absolute atomic E-state index is 12.7. The van der Waals surface area contributed by atoms with Crippen molar-refractivity contribution in [3.8, 4) is 5.75 Å². The molecule has 0 saturated carbocycles. The van der Waals surface area contributed by atoms with Crippen LogP contribution in [0.1, 0.15) is 23.6 Å². The maximum atomic E-state index is 12.7. The quantitative estimate of drug-likeness (QED) is 0.321. The van der Waals surface area contributed by atoms with Crippen LogP contribution in [0.25, 0.3) is 0 Å². The minimum atomic E-state index is -4.99. The van der Waals surface area contributed by atoms with Crippen LogP contribution in [0.5, 0.6) is 5.75 Å². The van der Waals surface area contributed by atoms with Gasteiger partial charge in [0.05, 0.1) is 0 Å². The third-order valence-corrected chi connectivity index (χ3v) is 7.58. The molecular weight excluding hydrogens is 500 g/mol. The summed E-state index contributed by atoms with van der Waals surface area (Å²) in [5, 5.41) is 12.6. The van der Waals surface area contributed by atoms with Gasteiger partial charge in [-0.3, -0.25) is 0 Å². The molecule has 8 heteroatoms. The number of carbonyl (C=O) groups is 1. The van der Waals surface area contributed by atoms with Gasteiger partial charge in [-0.05, 0) is 0 Å². The molecule has 0 aliphatic carbocycles. The number of nitrogens with one attached hydrogen (secondary N) is 1. The first-order valence-electron chi connectivity index (χ1n) is 7.45. The summed E-state index contributed by atoms with van der Waals surface area (Å²) < 4.78 is 29.1. The van der Waals surface area contributed by atoms with Crippen molar-refractivity contribution in [3.63, 3.8) is 0 Å². The van der Waals surface area contributed by atoms with Crippen LogP contribution >= 0.6 is 22.6 Å². The van der Waals surface area contributed by atoms with Crippen molar-refractivity contribution >= 4 is 52.7 Å². The summed E-state index contributed by atoms with van der Waals surface area (Å²) in [7, 11) is 0. The standard InChI is InChI=1S/C17H19AsINO5/c1-10-7-11(2)13(15(19)8-10)9-25-18(23,24)14-5-4-6-16(17(14)22)20-12(3)21/h4-8,22H,9H2,1-3H3,(H,20,21)(H,23,24). The average molecular weight is 519 g/mol. The first kappa shape index (κ1) is 20.0. The number of phenolic OH excluding ortho intramolecular Hbond substituents is 1. The second kappa shape index (κ2) is 7.95. The van der Waals surface area contributed by atoms with E-state index in [4.69, 9.17) is 3.73 Å². The summed E-state index contributed by atoms with van der Waals surface area (Å²) in [4.78, 5) is 11.2. The first-order valence-corrected chi connectivity index (χ1v) is 11.8. The molecule has 0 bridgehead atoms. The van der Waals surface area contributed by atoms with E-state index < -0.39 is 25.8 Å². The zero-order valence-electron chi connectivity index (χ0n) is 14.0. The van der Waals surface area contributed by atoms with Gasteiger partial charge < -0.3 is 0 Å². The van der Waals surface area contributed by atoms with E-state index in [0.29, 0.717) is 0 Å². The number of benzene rings is 2. The average Bonchev–Trinajstić information content (AvgIpc) is 2.47. The number of rotatable bonds is 5. The van der Waals surface area contributed by atoms with Crippen LogP contribution in [-0.4, -0.2) is 29.3 Å². The SMILES string of the molecule is CC(=O)Nc1cccc([As](=O)(O)OCc2c(C)cc(C)cc2I)c1O. The third-order valence-electron chi connectivity index (χ3n) is 3.58. The van der Waals surface area contributed by atoms with Crippen LogP contribution in [-0.2, 0) is 18.9 Å². The second-order valence-electron chi connectivity index (χ2n) is 5.69. The molecule has 0 saturated heterocycles. The van der Waals surface area contributed by atoms with Gasteiger partial charge in [-0.1, -0.05) is 0 Å². The molecule has 25 heavy (non-hydrogen) atoms. The molecule has 1 unspecified atom stereocenters. The van der Waals surface area contributed by atoms with Crippen molar-refractivity contribution in [1.82, 2.24) is 0 Å². The Morgan fingerprint density at radius 3 is 2.60 bits per heavy atom. The van der Waals surface area contributed by atoms with Crippen LogP contribution < -0.4 is 9.67 Å². The van der Waals surface area contributed by atoms with Crippen LogP contribution in [0.2, 0.25) is 0 Å². The Bertz CT molecular complexity index is 845. The summed E-state index contributed by atoms with van der Waals surface area (Å²) >= 11 is -2.83. The van der Waals surface area contributed by atoms with Crippen LogP contribution in [0.3, 0.4) is 0 Å². The van der Waals surface area contributed by atoms with Gasteiger partial charge in [0.15, 0.2) is 0 Å². The van der Waals surface area contributed by atoms with E-state index in [1.165, 1.54) is 25.1 Å². The van der Waals surface area contributed by atoms with Gasteiger partial charge in [-0.15, -0.1) is 0 Å². The molecule has 1 atom stereocenters. The molecule has 0 aliphatic heterocycles. The van der Waals surface area contributed by atoms with E-state index in [-0.39, 0.29) is 16.6 Å². The number of para-hydroxylation sites is 1. The molecule has 2 aromatic rings. The fourth-order valence-corrected chi connectivity index (χ4v) is 5.79. The Morgan fingerprint density at radius 2 is 2.00 bits per heavy atom. The first-order chi connectivity index (χ1) is 11.6. The molecule has 3 N–H and O–H groups in total. The van der Waals surface area contributed by atoms with E-state index in [9.17, 15) is 17.7 Å². The zero-order chi connectivity index (χ0) is 18.8. The summed E-state index contributed by atoms with van der Waals surface area (Å²) in [6, 6.07) is 8.20. The number of aryl methyl sites for hydroxylation is 2. The fraction of sp³-hybridized carbons (Fsp3) is 0.235. The van der Waals surface area contributed by atoms with Crippen molar-refractivity contribution < 1.29 is 21.5 Å². The number of hydrogen-bond acceptors (Lipinski definition) is 4. The van der Waals surface area contributed by atoms with Gasteiger partial charge in [-0.25, -0.2) is 0 Å². The summed E-state index contributed by atoms with van der Waals surface area (Å²) in [6.07, 6.45) is 0. The van der Waals surface area contributed by atoms with E-state index in [1.807, 2.05) is 26.0 Å². The van der Waals surface area contributed by atoms with Gasteiger partial charge in [0.1, 0.15) is 0 Å². The van der Waals surface area contributed by atoms with Crippen LogP contribution in [0.15, 0.2) is 30.3 Å². The molecule has 0 spiro atoms. The number of carbonyl (C=O) groups excluding carboxylic acids is 1. The Balaban J connectivity index is 2.28. The van der Waals surface area contributed by atoms with Crippen LogP contribution in [0, 0.1) is 17.4 Å². The van der Waals surface area contributed by atoms with Crippen molar-refractivity contribution in [3.05, 3.63) is 50.6 Å². The van der Waals surface area contributed by atoms with Crippen molar-refractivity contribution in [2.45, 2.75) is 27.4 Å². The van der Waals surface area contributed by atoms with Gasteiger partial charge >= 0.3 is 163 Å². The molecule has 0 radical (unpaired) electrons. The molecule has 2 rings (SSSR count). The van der Waals surface area contributed by atoms with Gasteiger partial charge in [0.2, 0.25) is 0 Å². The number of hydrogen-bond donors (Lipinski definition) is 3. The number of amides is 1. The van der Waals surface area contributed by atoms with Crippen LogP contribution in [0.4, 0.5) is 5.69 Å². The third kappa shape index (κ3) is 4.88. The predicted molar refractivity (Wildman–Crippen MR) is 104 cm³/mol. The van der Waals surface area contributed by atoms with Gasteiger partial charge in [0, 0.05) is 0 Å². The Labute approximate surface area is 162 Å². The molecule has 0 fully saturated rings. The number of halogens is 1. The minimum absolute atomic E-state index is 0.0405. The van der Waals surface area contributed by atoms with E-state index in [2.05, 4.69) is 27.9 Å². The summed E-state index contributed by atoms with van der Waals surface area (Å²) in [6.45, 7) is 5.14. The zero-order valence-corrected chi connectivity index (χ0v) is 18.1. The fourth-order valence-electron chi connectivity index (χ4n) is 2.40. The second-order valence-corrected chi connectivity index (χ2v) is 10.6. The van der Waals surface area contributed by atoms with Crippen molar-refractivity contribution in [2.75, 3.05) is 5.32 Å². The monoisotopic (exact) mass is 519 g/mol. The molecule has 0 aliphatic rings. The van der Waals surface area contributed by atoms with Crippen molar-refractivity contribution in [1.29, 1.82) is 0 Å². The van der Waals surface area contributed by atoms with Gasteiger partial charge in [0.25, 0.3) is 0 Å². The Kier molecular flexibility index (Phi) is 6.37. The number of aromatic hydroxyl groups is 1. The predicted octanol–water partition coefficient (Wildman–Crippen LogP) is 2.36. The van der Waals surface area contributed by atoms with Crippen molar-refractivity contribution in [2.24, 2.45) is 0 Å². The molecule has 2 aromatic carbocycles. The summed E-state index contributed by atoms with van der Waals surface area (Å²) in [5.74, 6) is -0.837. The van der Waals surface area contributed by atoms with E-state index in [1.54, 1.807) is 0 Å². The van der Waals surface area contributed by atoms with E-state index >= 15 is 0 Å². The molecule has 134 valence electrons. The summed E-state index contributed by atoms with van der Waals surface area (Å²) in [5.41, 5.74) is 2.98.